The van der Waals surface area contributed by atoms with E-state index in [0.717, 1.165) is 11.1 Å². The highest BCUT2D eigenvalue weighted by atomic mass is 35.5. The first-order chi connectivity index (χ1) is 13.0. The normalized spacial score (nSPS) is 14.7. The maximum Gasteiger partial charge on any atom is 0.281 e. The summed E-state index contributed by atoms with van der Waals surface area (Å²) >= 11 is 6.31. The maximum absolute atomic E-state index is 12.8. The largest absolute Gasteiger partial charge is 0.398 e. The van der Waals surface area contributed by atoms with E-state index in [-0.39, 0.29) is 11.6 Å². The summed E-state index contributed by atoms with van der Waals surface area (Å²) in [6, 6.07) is 12.5. The number of amides is 2. The fourth-order valence-corrected chi connectivity index (χ4v) is 3.06. The Morgan fingerprint density at radius 2 is 2.04 bits per heavy atom. The highest BCUT2D eigenvalue weighted by molar-refractivity contribution is 6.55. The van der Waals surface area contributed by atoms with Gasteiger partial charge in [0.2, 0.25) is 0 Å². The van der Waals surface area contributed by atoms with Crippen molar-refractivity contribution in [3.05, 3.63) is 70.3 Å². The molecule has 0 fully saturated rings. The van der Waals surface area contributed by atoms with E-state index >= 15 is 0 Å². The molecule has 8 heteroatoms. The number of oxime groups is 1. The Bertz CT molecular complexity index is 938. The average Bonchev–Trinajstić information content (AvgIpc) is 2.94. The molecular formula is C19H16ClN3O4. The van der Waals surface area contributed by atoms with Gasteiger partial charge in [-0.1, -0.05) is 53.2 Å². The van der Waals surface area contributed by atoms with Gasteiger partial charge in [0.05, 0.1) is 17.3 Å². The molecule has 0 aliphatic carbocycles. The Hall–Kier alpha value is -3.16. The number of hydrogen-bond acceptors (Lipinski definition) is 5. The summed E-state index contributed by atoms with van der Waals surface area (Å²) in [5.41, 5.74) is 4.61. The summed E-state index contributed by atoms with van der Waals surface area (Å²) in [5, 5.41) is 12.8. The van der Waals surface area contributed by atoms with E-state index in [0.29, 0.717) is 22.8 Å². The van der Waals surface area contributed by atoms with Gasteiger partial charge in [0.15, 0.2) is 5.71 Å². The molecule has 1 aliphatic rings. The first kappa shape index (κ1) is 18.6. The van der Waals surface area contributed by atoms with Crippen LogP contribution in [0, 0.1) is 0 Å². The molecular weight excluding hydrogens is 370 g/mol. The molecule has 2 aromatic carbocycles. The van der Waals surface area contributed by atoms with Crippen molar-refractivity contribution in [2.24, 2.45) is 5.16 Å². The van der Waals surface area contributed by atoms with Crippen LogP contribution in [0.5, 0.6) is 0 Å². The van der Waals surface area contributed by atoms with E-state index in [1.54, 1.807) is 41.3 Å². The minimum absolute atomic E-state index is 0.213. The molecule has 0 atom stereocenters. The lowest BCUT2D eigenvalue weighted by molar-refractivity contribution is -0.124. The van der Waals surface area contributed by atoms with Gasteiger partial charge in [0.1, 0.15) is 7.11 Å². The molecule has 27 heavy (non-hydrogen) atoms. The third-order valence-electron chi connectivity index (χ3n) is 4.00. The van der Waals surface area contributed by atoms with E-state index in [1.165, 1.54) is 18.7 Å². The van der Waals surface area contributed by atoms with Crippen molar-refractivity contribution < 1.29 is 19.6 Å². The number of para-hydroxylation sites is 1. The van der Waals surface area contributed by atoms with Crippen LogP contribution in [0.1, 0.15) is 16.7 Å². The summed E-state index contributed by atoms with van der Waals surface area (Å²) in [6.45, 7) is 0.305. The second-order valence-corrected chi connectivity index (χ2v) is 6.11. The first-order valence-electron chi connectivity index (χ1n) is 7.98. The molecule has 2 aromatic rings. The minimum Gasteiger partial charge on any atom is -0.398 e. The Balaban J connectivity index is 1.86. The third-order valence-corrected chi connectivity index (χ3v) is 4.30. The van der Waals surface area contributed by atoms with E-state index < -0.39 is 5.91 Å². The van der Waals surface area contributed by atoms with Gasteiger partial charge in [-0.05, 0) is 23.3 Å². The van der Waals surface area contributed by atoms with Crippen LogP contribution in [-0.4, -0.2) is 29.8 Å². The van der Waals surface area contributed by atoms with Crippen LogP contribution >= 0.6 is 11.6 Å². The molecule has 0 saturated carbocycles. The van der Waals surface area contributed by atoms with Crippen molar-refractivity contribution in [1.29, 1.82) is 0 Å². The SMILES string of the molecule is CO/N=C1\C(=O)N(Cc2ccc(/C=C/C(=O)NO)cc2)c2c(Cl)cccc21. The molecule has 0 bridgehead atoms. The second kappa shape index (κ2) is 8.03. The fraction of sp³-hybridized carbons (Fsp3) is 0.105. The molecule has 7 nitrogen and oxygen atoms in total. The van der Waals surface area contributed by atoms with E-state index in [1.807, 2.05) is 12.1 Å². The number of nitrogens with zero attached hydrogens (tertiary/aromatic N) is 2. The van der Waals surface area contributed by atoms with E-state index in [4.69, 9.17) is 21.6 Å². The van der Waals surface area contributed by atoms with Crippen LogP contribution in [0.4, 0.5) is 5.69 Å². The molecule has 2 amide bonds. The van der Waals surface area contributed by atoms with Crippen molar-refractivity contribution >= 4 is 40.9 Å². The number of fused-ring (bicyclic) bond motifs is 1. The van der Waals surface area contributed by atoms with Gasteiger partial charge in [-0.3, -0.25) is 14.8 Å². The highest BCUT2D eigenvalue weighted by Crippen LogP contribution is 2.37. The van der Waals surface area contributed by atoms with Crippen molar-refractivity contribution in [2.45, 2.75) is 6.54 Å². The average molecular weight is 386 g/mol. The quantitative estimate of drug-likeness (QED) is 0.470. The predicted octanol–water partition coefficient (Wildman–Crippen LogP) is 2.76. The smallest absolute Gasteiger partial charge is 0.281 e. The number of benzene rings is 2. The second-order valence-electron chi connectivity index (χ2n) is 5.70. The number of anilines is 1. The van der Waals surface area contributed by atoms with Crippen LogP contribution in [0.2, 0.25) is 5.02 Å². The van der Waals surface area contributed by atoms with Crippen LogP contribution in [-0.2, 0) is 21.0 Å². The van der Waals surface area contributed by atoms with Crippen LogP contribution < -0.4 is 10.4 Å². The summed E-state index contributed by atoms with van der Waals surface area (Å²) in [4.78, 5) is 30.1. The van der Waals surface area contributed by atoms with Crippen LogP contribution in [0.15, 0.2) is 53.7 Å². The van der Waals surface area contributed by atoms with E-state index in [2.05, 4.69) is 5.16 Å². The summed E-state index contributed by atoms with van der Waals surface area (Å²) in [6.07, 6.45) is 2.77. The molecule has 1 heterocycles. The Morgan fingerprint density at radius 3 is 2.70 bits per heavy atom. The molecule has 138 valence electrons. The predicted molar refractivity (Wildman–Crippen MR) is 102 cm³/mol. The van der Waals surface area contributed by atoms with Crippen molar-refractivity contribution in [2.75, 3.05) is 12.0 Å². The minimum atomic E-state index is -0.613. The standard InChI is InChI=1S/C19H16ClN3O4/c1-27-22-17-14-3-2-4-15(20)18(14)23(19(17)25)11-13-7-5-12(6-8-13)9-10-16(24)21-26/h2-10,26H,11H2,1H3,(H,21,24)/b10-9+,22-17-. The molecule has 0 unspecified atom stereocenters. The fourth-order valence-electron chi connectivity index (χ4n) is 2.78. The number of carbonyl (C=O) groups excluding carboxylic acids is 2. The number of hydroxylamine groups is 1. The Labute approximate surface area is 160 Å². The lowest BCUT2D eigenvalue weighted by Gasteiger charge is -2.18. The van der Waals surface area contributed by atoms with Gasteiger partial charge in [-0.2, -0.15) is 0 Å². The topological polar surface area (TPSA) is 91.2 Å². The monoisotopic (exact) mass is 385 g/mol. The number of carbonyl (C=O) groups is 2. The van der Waals surface area contributed by atoms with Gasteiger partial charge >= 0.3 is 0 Å². The molecule has 0 spiro atoms. The number of rotatable bonds is 5. The van der Waals surface area contributed by atoms with Gasteiger partial charge in [0, 0.05) is 11.6 Å². The Kier molecular flexibility index (Phi) is 5.54. The molecule has 3 rings (SSSR count). The number of nitrogens with one attached hydrogen (secondary N) is 1. The lowest BCUT2D eigenvalue weighted by Crippen LogP contribution is -2.29. The highest BCUT2D eigenvalue weighted by Gasteiger charge is 2.36. The van der Waals surface area contributed by atoms with Crippen molar-refractivity contribution in [1.82, 2.24) is 5.48 Å². The van der Waals surface area contributed by atoms with Gasteiger partial charge in [-0.15, -0.1) is 0 Å². The molecule has 2 N–H and O–H groups in total. The summed E-state index contributed by atoms with van der Waals surface area (Å²) in [5.74, 6) is -0.901. The van der Waals surface area contributed by atoms with Crippen molar-refractivity contribution in [3.63, 3.8) is 0 Å². The summed E-state index contributed by atoms with van der Waals surface area (Å²) in [7, 11) is 1.39. The molecule has 0 radical (unpaired) electrons. The van der Waals surface area contributed by atoms with Gasteiger partial charge in [-0.25, -0.2) is 5.48 Å². The van der Waals surface area contributed by atoms with Crippen molar-refractivity contribution in [3.8, 4) is 0 Å². The third kappa shape index (κ3) is 3.84. The first-order valence-corrected chi connectivity index (χ1v) is 8.36. The van der Waals surface area contributed by atoms with Gasteiger partial charge < -0.3 is 9.74 Å². The zero-order chi connectivity index (χ0) is 19.4. The number of halogens is 1. The van der Waals surface area contributed by atoms with Crippen LogP contribution in [0.3, 0.4) is 0 Å². The zero-order valence-electron chi connectivity index (χ0n) is 14.3. The molecule has 0 saturated heterocycles. The molecule has 1 aliphatic heterocycles. The maximum atomic E-state index is 12.8. The number of hydrogen-bond donors (Lipinski definition) is 2. The lowest BCUT2D eigenvalue weighted by atomic mass is 10.1. The van der Waals surface area contributed by atoms with Crippen LogP contribution in [0.25, 0.3) is 6.08 Å². The Morgan fingerprint density at radius 1 is 1.30 bits per heavy atom. The zero-order valence-corrected chi connectivity index (χ0v) is 15.1. The molecule has 0 aromatic heterocycles. The van der Waals surface area contributed by atoms with E-state index in [9.17, 15) is 9.59 Å². The summed E-state index contributed by atoms with van der Waals surface area (Å²) < 4.78 is 0. The van der Waals surface area contributed by atoms with Gasteiger partial charge in [0.25, 0.3) is 11.8 Å².